The Labute approximate surface area is 91.4 Å². The van der Waals surface area contributed by atoms with Crippen molar-refractivity contribution in [2.24, 2.45) is 11.8 Å². The van der Waals surface area contributed by atoms with E-state index in [1.807, 2.05) is 12.1 Å². The van der Waals surface area contributed by atoms with Gasteiger partial charge in [0.25, 0.3) is 0 Å². The number of hydrogen-bond acceptors (Lipinski definition) is 2. The van der Waals surface area contributed by atoms with Crippen molar-refractivity contribution in [2.45, 2.75) is 38.7 Å². The largest absolute Gasteiger partial charge is 0.390 e. The Morgan fingerprint density at radius 1 is 1.40 bits per heavy atom. The summed E-state index contributed by atoms with van der Waals surface area (Å²) in [5.74, 6) is 1.40. The van der Waals surface area contributed by atoms with E-state index >= 15 is 0 Å². The van der Waals surface area contributed by atoms with Gasteiger partial charge in [-0.2, -0.15) is 0 Å². The van der Waals surface area contributed by atoms with E-state index in [2.05, 4.69) is 18.8 Å². The smallest absolute Gasteiger partial charge is 0.0693 e. The molecule has 1 saturated carbocycles. The molecule has 0 aromatic carbocycles. The summed E-state index contributed by atoms with van der Waals surface area (Å²) < 4.78 is 0. The molecule has 1 N–H and O–H groups in total. The van der Waals surface area contributed by atoms with Crippen LogP contribution < -0.4 is 0 Å². The quantitative estimate of drug-likeness (QED) is 0.822. The van der Waals surface area contributed by atoms with E-state index in [-0.39, 0.29) is 0 Å². The zero-order valence-corrected chi connectivity index (χ0v) is 9.48. The van der Waals surface area contributed by atoms with E-state index in [0.717, 1.165) is 19.3 Å². The first-order chi connectivity index (χ1) is 7.09. The van der Waals surface area contributed by atoms with Gasteiger partial charge < -0.3 is 5.11 Å². The van der Waals surface area contributed by atoms with Gasteiger partial charge in [-0.1, -0.05) is 13.8 Å². The molecule has 1 aromatic rings. The first-order valence-corrected chi connectivity index (χ1v) is 5.70. The highest BCUT2D eigenvalue weighted by Gasteiger charge is 2.43. The molecule has 1 heterocycles. The minimum atomic E-state index is -0.448. The first-order valence-electron chi connectivity index (χ1n) is 5.70. The lowest BCUT2D eigenvalue weighted by molar-refractivity contribution is -0.0860. The van der Waals surface area contributed by atoms with Gasteiger partial charge in [0.1, 0.15) is 0 Å². The number of hydrogen-bond donors (Lipinski definition) is 1. The predicted octanol–water partition coefficient (Wildman–Crippen LogP) is 2.42. The summed E-state index contributed by atoms with van der Waals surface area (Å²) in [5, 5.41) is 10.3. The normalized spacial score (nSPS) is 30.3. The summed E-state index contributed by atoms with van der Waals surface area (Å²) in [5.41, 5.74) is 0.741. The Bertz CT molecular complexity index is 315. The van der Waals surface area contributed by atoms with Gasteiger partial charge in [0.2, 0.25) is 0 Å². The number of aliphatic hydroxyl groups is 1. The van der Waals surface area contributed by atoms with Crippen LogP contribution in [0.2, 0.25) is 0 Å². The van der Waals surface area contributed by atoms with Crippen LogP contribution in [0.4, 0.5) is 0 Å². The molecule has 2 heteroatoms. The molecule has 1 aliphatic rings. The molecule has 1 aliphatic carbocycles. The number of aromatic nitrogens is 1. The Balaban J connectivity index is 1.92. The summed E-state index contributed by atoms with van der Waals surface area (Å²) >= 11 is 0. The van der Waals surface area contributed by atoms with Crippen LogP contribution in [0.15, 0.2) is 24.5 Å². The maximum atomic E-state index is 10.3. The van der Waals surface area contributed by atoms with Gasteiger partial charge in [-0.25, -0.2) is 0 Å². The molecule has 15 heavy (non-hydrogen) atoms. The highest BCUT2D eigenvalue weighted by Crippen LogP contribution is 2.43. The second-order valence-corrected chi connectivity index (χ2v) is 5.17. The van der Waals surface area contributed by atoms with E-state index in [1.165, 1.54) is 5.56 Å². The Hall–Kier alpha value is -0.890. The van der Waals surface area contributed by atoms with E-state index in [1.54, 1.807) is 12.4 Å². The van der Waals surface area contributed by atoms with Crippen molar-refractivity contribution in [2.75, 3.05) is 0 Å². The van der Waals surface area contributed by atoms with Crippen LogP contribution >= 0.6 is 0 Å². The molecule has 0 aliphatic heterocycles. The second-order valence-electron chi connectivity index (χ2n) is 5.17. The SMILES string of the molecule is CC(C)C1CC(O)(Cc2ccncc2)C1. The molecule has 1 fully saturated rings. The van der Waals surface area contributed by atoms with Gasteiger partial charge in [-0.05, 0) is 42.4 Å². The highest BCUT2D eigenvalue weighted by atomic mass is 16.3. The van der Waals surface area contributed by atoms with Crippen molar-refractivity contribution in [3.63, 3.8) is 0 Å². The van der Waals surface area contributed by atoms with Crippen LogP contribution in [0.25, 0.3) is 0 Å². The molecule has 1 aromatic heterocycles. The summed E-state index contributed by atoms with van der Waals surface area (Å²) in [6.07, 6.45) is 6.26. The molecule has 2 nitrogen and oxygen atoms in total. The molecule has 0 bridgehead atoms. The van der Waals surface area contributed by atoms with E-state index in [0.29, 0.717) is 11.8 Å². The third kappa shape index (κ3) is 2.37. The van der Waals surface area contributed by atoms with Crippen molar-refractivity contribution in [1.82, 2.24) is 4.98 Å². The van der Waals surface area contributed by atoms with E-state index in [9.17, 15) is 5.11 Å². The first kappa shape index (κ1) is 10.6. The van der Waals surface area contributed by atoms with E-state index in [4.69, 9.17) is 0 Å². The Morgan fingerprint density at radius 2 is 2.00 bits per heavy atom. The minimum absolute atomic E-state index is 0.448. The molecule has 82 valence electrons. The van der Waals surface area contributed by atoms with Gasteiger partial charge in [0.05, 0.1) is 5.60 Å². The molecule has 0 amide bonds. The van der Waals surface area contributed by atoms with Gasteiger partial charge >= 0.3 is 0 Å². The van der Waals surface area contributed by atoms with Gasteiger partial charge in [-0.3, -0.25) is 4.98 Å². The molecule has 0 saturated heterocycles. The number of rotatable bonds is 3. The Morgan fingerprint density at radius 3 is 2.53 bits per heavy atom. The highest BCUT2D eigenvalue weighted by molar-refractivity contribution is 5.15. The maximum Gasteiger partial charge on any atom is 0.0693 e. The number of nitrogens with zero attached hydrogens (tertiary/aromatic N) is 1. The zero-order chi connectivity index (χ0) is 10.9. The van der Waals surface area contributed by atoms with Crippen LogP contribution in [0.1, 0.15) is 32.3 Å². The lowest BCUT2D eigenvalue weighted by atomic mass is 9.64. The topological polar surface area (TPSA) is 33.1 Å². The van der Waals surface area contributed by atoms with Crippen LogP contribution in [-0.2, 0) is 6.42 Å². The molecular weight excluding hydrogens is 186 g/mol. The summed E-state index contributed by atoms with van der Waals surface area (Å²) in [7, 11) is 0. The van der Waals surface area contributed by atoms with Crippen LogP contribution in [-0.4, -0.2) is 15.7 Å². The van der Waals surface area contributed by atoms with Gasteiger partial charge in [0, 0.05) is 18.8 Å². The second kappa shape index (κ2) is 3.93. The van der Waals surface area contributed by atoms with Gasteiger partial charge in [0.15, 0.2) is 0 Å². The molecule has 0 spiro atoms. The molecule has 2 rings (SSSR count). The van der Waals surface area contributed by atoms with Crippen LogP contribution in [0, 0.1) is 11.8 Å². The predicted molar refractivity (Wildman–Crippen MR) is 60.5 cm³/mol. The fourth-order valence-corrected chi connectivity index (χ4v) is 2.41. The van der Waals surface area contributed by atoms with Crippen LogP contribution in [0.5, 0.6) is 0 Å². The molecule has 0 atom stereocenters. The average molecular weight is 205 g/mol. The molecule has 0 unspecified atom stereocenters. The fourth-order valence-electron chi connectivity index (χ4n) is 2.41. The van der Waals surface area contributed by atoms with Crippen molar-refractivity contribution in [3.05, 3.63) is 30.1 Å². The van der Waals surface area contributed by atoms with Crippen molar-refractivity contribution in [1.29, 1.82) is 0 Å². The minimum Gasteiger partial charge on any atom is -0.390 e. The standard InChI is InChI=1S/C13H19NO/c1-10(2)12-8-13(15,9-12)7-11-3-5-14-6-4-11/h3-6,10,12,15H,7-9H2,1-2H3. The third-order valence-corrected chi connectivity index (χ3v) is 3.51. The molecular formula is C13H19NO. The lowest BCUT2D eigenvalue weighted by Crippen LogP contribution is -2.47. The number of pyridine rings is 1. The molecule has 0 radical (unpaired) electrons. The third-order valence-electron chi connectivity index (χ3n) is 3.51. The van der Waals surface area contributed by atoms with Crippen molar-refractivity contribution >= 4 is 0 Å². The fraction of sp³-hybridized carbons (Fsp3) is 0.615. The average Bonchev–Trinajstić information content (AvgIpc) is 2.15. The van der Waals surface area contributed by atoms with Crippen molar-refractivity contribution < 1.29 is 5.11 Å². The summed E-state index contributed by atoms with van der Waals surface area (Å²) in [4.78, 5) is 3.98. The van der Waals surface area contributed by atoms with E-state index < -0.39 is 5.60 Å². The van der Waals surface area contributed by atoms with Crippen LogP contribution in [0.3, 0.4) is 0 Å². The van der Waals surface area contributed by atoms with Gasteiger partial charge in [-0.15, -0.1) is 0 Å². The zero-order valence-electron chi connectivity index (χ0n) is 9.48. The maximum absolute atomic E-state index is 10.3. The summed E-state index contributed by atoms with van der Waals surface area (Å²) in [6.45, 7) is 4.47. The Kier molecular flexibility index (Phi) is 2.79. The van der Waals surface area contributed by atoms with Crippen molar-refractivity contribution in [3.8, 4) is 0 Å². The lowest BCUT2D eigenvalue weighted by Gasteiger charge is -2.46. The monoisotopic (exact) mass is 205 g/mol. The summed E-state index contributed by atoms with van der Waals surface area (Å²) in [6, 6.07) is 3.97.